The molecule has 0 spiro atoms. The predicted octanol–water partition coefficient (Wildman–Crippen LogP) is 1.19. The molecule has 0 aromatic carbocycles. The van der Waals surface area contributed by atoms with E-state index in [9.17, 15) is 9.59 Å². The van der Waals surface area contributed by atoms with Crippen LogP contribution in [0.15, 0.2) is 12.2 Å². The van der Waals surface area contributed by atoms with Gasteiger partial charge in [0.05, 0.1) is 13.2 Å². The van der Waals surface area contributed by atoms with Crippen LogP contribution in [0.25, 0.3) is 0 Å². The Balaban J connectivity index is 3.31. The summed E-state index contributed by atoms with van der Waals surface area (Å²) in [6.07, 6.45) is -0.975. The standard InChI is InChI=1S/C8H12O5/c1-6(2)7(9)12-4-3-5-13-8(10)11/h1,3-5H2,2H3,(H,10,11). The van der Waals surface area contributed by atoms with E-state index in [1.165, 1.54) is 6.92 Å². The van der Waals surface area contributed by atoms with Crippen LogP contribution in [0.1, 0.15) is 13.3 Å². The largest absolute Gasteiger partial charge is 0.505 e. The zero-order valence-electron chi connectivity index (χ0n) is 7.41. The average Bonchev–Trinajstić information content (AvgIpc) is 2.02. The van der Waals surface area contributed by atoms with Crippen LogP contribution in [0.3, 0.4) is 0 Å². The number of hydrogen-bond donors (Lipinski definition) is 1. The normalized spacial score (nSPS) is 9.00. The second-order valence-electron chi connectivity index (χ2n) is 2.38. The molecule has 0 aliphatic rings. The van der Waals surface area contributed by atoms with E-state index in [2.05, 4.69) is 16.1 Å². The number of carbonyl (C=O) groups is 2. The van der Waals surface area contributed by atoms with Crippen molar-refractivity contribution < 1.29 is 24.2 Å². The minimum absolute atomic E-state index is 0.0266. The molecule has 74 valence electrons. The molecule has 5 heteroatoms. The van der Waals surface area contributed by atoms with Crippen molar-refractivity contribution in [2.24, 2.45) is 0 Å². The van der Waals surface area contributed by atoms with Gasteiger partial charge < -0.3 is 14.6 Å². The van der Waals surface area contributed by atoms with Crippen LogP contribution in [0, 0.1) is 0 Å². The van der Waals surface area contributed by atoms with Gasteiger partial charge in [-0.15, -0.1) is 0 Å². The van der Waals surface area contributed by atoms with Gasteiger partial charge in [-0.2, -0.15) is 0 Å². The molecular formula is C8H12O5. The maximum atomic E-state index is 10.8. The minimum atomic E-state index is -1.33. The number of hydrogen-bond acceptors (Lipinski definition) is 4. The van der Waals surface area contributed by atoms with Gasteiger partial charge in [0.15, 0.2) is 0 Å². The highest BCUT2D eigenvalue weighted by Gasteiger charge is 2.02. The van der Waals surface area contributed by atoms with Crippen molar-refractivity contribution in [1.82, 2.24) is 0 Å². The fraction of sp³-hybridized carbons (Fsp3) is 0.500. The zero-order valence-corrected chi connectivity index (χ0v) is 7.41. The van der Waals surface area contributed by atoms with E-state index in [0.29, 0.717) is 12.0 Å². The van der Waals surface area contributed by atoms with Gasteiger partial charge in [-0.3, -0.25) is 0 Å². The van der Waals surface area contributed by atoms with Crippen LogP contribution in [0.2, 0.25) is 0 Å². The summed E-state index contributed by atoms with van der Waals surface area (Å²) in [4.78, 5) is 20.6. The van der Waals surface area contributed by atoms with Crippen molar-refractivity contribution in [3.8, 4) is 0 Å². The highest BCUT2D eigenvalue weighted by atomic mass is 16.7. The Morgan fingerprint density at radius 1 is 1.31 bits per heavy atom. The first-order valence-electron chi connectivity index (χ1n) is 3.72. The lowest BCUT2D eigenvalue weighted by Gasteiger charge is -2.03. The molecule has 13 heavy (non-hydrogen) atoms. The van der Waals surface area contributed by atoms with Gasteiger partial charge >= 0.3 is 12.1 Å². The molecule has 0 bridgehead atoms. The van der Waals surface area contributed by atoms with E-state index >= 15 is 0 Å². The lowest BCUT2D eigenvalue weighted by molar-refractivity contribution is -0.139. The molecule has 0 aromatic heterocycles. The van der Waals surface area contributed by atoms with E-state index in [1.54, 1.807) is 0 Å². The Kier molecular flexibility index (Phi) is 5.34. The monoisotopic (exact) mass is 188 g/mol. The van der Waals surface area contributed by atoms with Crippen LogP contribution < -0.4 is 0 Å². The first-order valence-corrected chi connectivity index (χ1v) is 3.72. The molecule has 0 radical (unpaired) electrons. The molecule has 0 amide bonds. The number of carboxylic acid groups (broad SMARTS) is 1. The van der Waals surface area contributed by atoms with Crippen molar-refractivity contribution >= 4 is 12.1 Å². The van der Waals surface area contributed by atoms with E-state index in [4.69, 9.17) is 5.11 Å². The molecule has 0 aromatic rings. The first kappa shape index (κ1) is 11.5. The molecule has 5 nitrogen and oxygen atoms in total. The van der Waals surface area contributed by atoms with Crippen LogP contribution in [-0.4, -0.2) is 30.4 Å². The maximum Gasteiger partial charge on any atom is 0.505 e. The average molecular weight is 188 g/mol. The van der Waals surface area contributed by atoms with E-state index in [0.717, 1.165) is 0 Å². The van der Waals surface area contributed by atoms with Crippen molar-refractivity contribution in [3.63, 3.8) is 0 Å². The molecular weight excluding hydrogens is 176 g/mol. The summed E-state index contributed by atoms with van der Waals surface area (Å²) >= 11 is 0. The smallest absolute Gasteiger partial charge is 0.462 e. The molecule has 0 saturated carbocycles. The quantitative estimate of drug-likeness (QED) is 0.398. The maximum absolute atomic E-state index is 10.8. The van der Waals surface area contributed by atoms with Gasteiger partial charge in [-0.05, 0) is 6.92 Å². The highest BCUT2D eigenvalue weighted by Crippen LogP contribution is 1.93. The Morgan fingerprint density at radius 3 is 2.31 bits per heavy atom. The molecule has 0 fully saturated rings. The third kappa shape index (κ3) is 6.86. The number of esters is 1. The third-order valence-corrected chi connectivity index (χ3v) is 1.10. The van der Waals surface area contributed by atoms with Gasteiger partial charge in [0.25, 0.3) is 0 Å². The van der Waals surface area contributed by atoms with Crippen LogP contribution in [0.5, 0.6) is 0 Å². The third-order valence-electron chi connectivity index (χ3n) is 1.10. The zero-order chi connectivity index (χ0) is 10.3. The van der Waals surface area contributed by atoms with Gasteiger partial charge in [-0.25, -0.2) is 9.59 Å². The fourth-order valence-electron chi connectivity index (χ4n) is 0.506. The van der Waals surface area contributed by atoms with Crippen LogP contribution in [-0.2, 0) is 14.3 Å². The molecule has 0 unspecified atom stereocenters. The van der Waals surface area contributed by atoms with Crippen molar-refractivity contribution in [3.05, 3.63) is 12.2 Å². The summed E-state index contributed by atoms with van der Waals surface area (Å²) < 4.78 is 8.86. The van der Waals surface area contributed by atoms with Crippen LogP contribution in [0.4, 0.5) is 4.79 Å². The number of ether oxygens (including phenoxy) is 2. The van der Waals surface area contributed by atoms with E-state index in [1.807, 2.05) is 0 Å². The molecule has 0 rings (SSSR count). The molecule has 0 aliphatic heterocycles. The molecule has 0 aliphatic carbocycles. The SMILES string of the molecule is C=C(C)C(=O)OCCCOC(=O)O. The molecule has 0 saturated heterocycles. The molecule has 0 atom stereocenters. The molecule has 1 N–H and O–H groups in total. The minimum Gasteiger partial charge on any atom is -0.462 e. The fourth-order valence-corrected chi connectivity index (χ4v) is 0.506. The van der Waals surface area contributed by atoms with E-state index < -0.39 is 12.1 Å². The summed E-state index contributed by atoms with van der Waals surface area (Å²) in [7, 11) is 0. The second kappa shape index (κ2) is 6.05. The summed E-state index contributed by atoms with van der Waals surface area (Å²) in [5.74, 6) is -0.477. The van der Waals surface area contributed by atoms with Gasteiger partial charge in [0, 0.05) is 12.0 Å². The summed E-state index contributed by atoms with van der Waals surface area (Å²) in [5, 5.41) is 8.07. The Bertz CT molecular complexity index is 209. The molecule has 0 heterocycles. The highest BCUT2D eigenvalue weighted by molar-refractivity contribution is 5.86. The Hall–Kier alpha value is -1.52. The van der Waals surface area contributed by atoms with Gasteiger partial charge in [-0.1, -0.05) is 6.58 Å². The van der Waals surface area contributed by atoms with Crippen molar-refractivity contribution in [2.75, 3.05) is 13.2 Å². The van der Waals surface area contributed by atoms with Gasteiger partial charge in [0.2, 0.25) is 0 Å². The lowest BCUT2D eigenvalue weighted by Crippen LogP contribution is -2.09. The topological polar surface area (TPSA) is 72.8 Å². The predicted molar refractivity (Wildman–Crippen MR) is 44.4 cm³/mol. The van der Waals surface area contributed by atoms with Gasteiger partial charge in [0.1, 0.15) is 0 Å². The number of carbonyl (C=O) groups excluding carboxylic acids is 1. The number of rotatable bonds is 5. The Morgan fingerprint density at radius 2 is 1.85 bits per heavy atom. The van der Waals surface area contributed by atoms with E-state index in [-0.39, 0.29) is 13.2 Å². The van der Waals surface area contributed by atoms with Crippen LogP contribution >= 0.6 is 0 Å². The Labute approximate surface area is 75.9 Å². The second-order valence-corrected chi connectivity index (χ2v) is 2.38. The summed E-state index contributed by atoms with van der Waals surface area (Å²) in [5.41, 5.74) is 0.319. The lowest BCUT2D eigenvalue weighted by atomic mass is 10.4. The first-order chi connectivity index (χ1) is 6.04. The summed E-state index contributed by atoms with van der Waals surface area (Å²) in [6, 6.07) is 0. The summed E-state index contributed by atoms with van der Waals surface area (Å²) in [6.45, 7) is 5.08. The van der Waals surface area contributed by atoms with Crippen molar-refractivity contribution in [1.29, 1.82) is 0 Å². The van der Waals surface area contributed by atoms with Crippen molar-refractivity contribution in [2.45, 2.75) is 13.3 Å².